The zero-order chi connectivity index (χ0) is 19.0. The summed E-state index contributed by atoms with van der Waals surface area (Å²) in [5.41, 5.74) is 3.07. The molecule has 3 aromatic rings. The Balaban J connectivity index is 1.56. The summed E-state index contributed by atoms with van der Waals surface area (Å²) < 4.78 is 0. The fourth-order valence-electron chi connectivity index (χ4n) is 3.53. The van der Waals surface area contributed by atoms with Crippen LogP contribution in [0.5, 0.6) is 0 Å². The molecule has 1 aliphatic carbocycles. The number of H-pyrrole nitrogens is 1. The minimum absolute atomic E-state index is 0.00729. The third-order valence-corrected chi connectivity index (χ3v) is 7.52. The Labute approximate surface area is 166 Å². The molecule has 0 fully saturated rings. The first-order valence-electron chi connectivity index (χ1n) is 9.20. The molecule has 2 atom stereocenters. The van der Waals surface area contributed by atoms with Gasteiger partial charge < -0.3 is 4.98 Å². The molecular weight excluding hydrogens is 374 g/mol. The number of benzene rings is 1. The van der Waals surface area contributed by atoms with Gasteiger partial charge in [0.15, 0.2) is 0 Å². The molecule has 0 radical (unpaired) electrons. The van der Waals surface area contributed by atoms with Crippen LogP contribution in [0.3, 0.4) is 0 Å². The van der Waals surface area contributed by atoms with E-state index in [2.05, 4.69) is 24.9 Å². The lowest BCUT2D eigenvalue weighted by molar-refractivity contribution is 0.509. The molecule has 1 aromatic carbocycles. The van der Waals surface area contributed by atoms with E-state index in [1.54, 1.807) is 23.1 Å². The van der Waals surface area contributed by atoms with E-state index in [0.717, 1.165) is 46.6 Å². The Bertz CT molecular complexity index is 1080. The van der Waals surface area contributed by atoms with Gasteiger partial charge in [0.1, 0.15) is 10.7 Å². The second kappa shape index (κ2) is 7.49. The number of rotatable bonds is 4. The first-order chi connectivity index (χ1) is 13.0. The number of nitrogens with one attached hydrogen (secondary N) is 1. The maximum atomic E-state index is 12.7. The van der Waals surface area contributed by atoms with Crippen LogP contribution in [-0.4, -0.2) is 9.97 Å². The smallest absolute Gasteiger partial charge is 0.259 e. The van der Waals surface area contributed by atoms with Gasteiger partial charge in [0, 0.05) is 10.6 Å². The van der Waals surface area contributed by atoms with Crippen molar-refractivity contribution in [3.63, 3.8) is 0 Å². The molecule has 0 saturated heterocycles. The summed E-state index contributed by atoms with van der Waals surface area (Å²) in [5.74, 6) is 2.25. The highest BCUT2D eigenvalue weighted by Gasteiger charge is 2.23. The third-order valence-electron chi connectivity index (χ3n) is 5.15. The monoisotopic (exact) mass is 395 g/mol. The van der Waals surface area contributed by atoms with Crippen LogP contribution in [0.2, 0.25) is 0 Å². The topological polar surface area (TPSA) is 69.5 Å². The largest absolute Gasteiger partial charge is 0.309 e. The van der Waals surface area contributed by atoms with E-state index < -0.39 is 0 Å². The number of hydrogen-bond donors (Lipinski definition) is 1. The number of aromatic nitrogens is 2. The standard InChI is InChI=1S/C21H21N3OS2/c1-12-3-8-16-17(9-12)27-21-18(16)20(25)23-19(24-21)13(2)26-11-15-6-4-14(10-22)5-7-15/h4-7,12-13H,3,8-9,11H2,1-2H3,(H,23,24,25)/t12-,13-/m1/s1. The molecule has 0 bridgehead atoms. The van der Waals surface area contributed by atoms with Crippen molar-refractivity contribution in [3.05, 3.63) is 62.0 Å². The molecule has 1 aliphatic rings. The average molecular weight is 396 g/mol. The maximum absolute atomic E-state index is 12.7. The molecule has 2 heterocycles. The summed E-state index contributed by atoms with van der Waals surface area (Å²) in [6.07, 6.45) is 3.20. The minimum Gasteiger partial charge on any atom is -0.309 e. The van der Waals surface area contributed by atoms with Gasteiger partial charge in [-0.2, -0.15) is 5.26 Å². The van der Waals surface area contributed by atoms with Crippen LogP contribution in [0.25, 0.3) is 10.2 Å². The van der Waals surface area contributed by atoms with Crippen LogP contribution in [0.4, 0.5) is 0 Å². The third kappa shape index (κ3) is 3.67. The molecular formula is C21H21N3OS2. The van der Waals surface area contributed by atoms with Gasteiger partial charge in [-0.25, -0.2) is 4.98 Å². The number of fused-ring (bicyclic) bond motifs is 3. The number of nitrogens with zero attached hydrogens (tertiary/aromatic N) is 2. The van der Waals surface area contributed by atoms with Crippen molar-refractivity contribution in [1.29, 1.82) is 5.26 Å². The van der Waals surface area contributed by atoms with Crippen molar-refractivity contribution >= 4 is 33.3 Å². The second-order valence-electron chi connectivity index (χ2n) is 7.25. The molecule has 6 heteroatoms. The lowest BCUT2D eigenvalue weighted by atomic mass is 9.89. The fourth-order valence-corrected chi connectivity index (χ4v) is 5.83. The predicted molar refractivity (Wildman–Crippen MR) is 112 cm³/mol. The van der Waals surface area contributed by atoms with Crippen molar-refractivity contribution in [3.8, 4) is 6.07 Å². The summed E-state index contributed by atoms with van der Waals surface area (Å²) in [6, 6.07) is 9.77. The van der Waals surface area contributed by atoms with Gasteiger partial charge in [0.05, 0.1) is 22.3 Å². The van der Waals surface area contributed by atoms with Crippen LogP contribution in [0, 0.1) is 17.2 Å². The number of thiophene rings is 1. The summed E-state index contributed by atoms with van der Waals surface area (Å²) >= 11 is 3.43. The highest BCUT2D eigenvalue weighted by atomic mass is 32.2. The zero-order valence-electron chi connectivity index (χ0n) is 15.4. The minimum atomic E-state index is 0.00729. The van der Waals surface area contributed by atoms with E-state index in [-0.39, 0.29) is 10.8 Å². The van der Waals surface area contributed by atoms with Crippen LogP contribution in [0.15, 0.2) is 29.1 Å². The molecule has 1 N–H and O–H groups in total. The van der Waals surface area contributed by atoms with Gasteiger partial charge in [-0.05, 0) is 55.4 Å². The predicted octanol–water partition coefficient (Wildman–Crippen LogP) is 4.98. The zero-order valence-corrected chi connectivity index (χ0v) is 17.0. The Morgan fingerprint density at radius 3 is 2.93 bits per heavy atom. The number of hydrogen-bond acceptors (Lipinski definition) is 5. The first kappa shape index (κ1) is 18.3. The van der Waals surface area contributed by atoms with Crippen LogP contribution >= 0.6 is 23.1 Å². The van der Waals surface area contributed by atoms with Gasteiger partial charge in [0.25, 0.3) is 5.56 Å². The number of aryl methyl sites for hydroxylation is 1. The average Bonchev–Trinajstić information content (AvgIpc) is 3.04. The first-order valence-corrected chi connectivity index (χ1v) is 11.1. The summed E-state index contributed by atoms with van der Waals surface area (Å²) in [6.45, 7) is 4.35. The van der Waals surface area contributed by atoms with Crippen molar-refractivity contribution < 1.29 is 0 Å². The molecule has 4 nitrogen and oxygen atoms in total. The van der Waals surface area contributed by atoms with Crippen molar-refractivity contribution in [2.45, 2.75) is 44.1 Å². The van der Waals surface area contributed by atoms with Gasteiger partial charge >= 0.3 is 0 Å². The quantitative estimate of drug-likeness (QED) is 0.677. The van der Waals surface area contributed by atoms with Gasteiger partial charge in [-0.3, -0.25) is 4.79 Å². The molecule has 0 amide bonds. The van der Waals surface area contributed by atoms with E-state index in [9.17, 15) is 4.79 Å². The molecule has 0 spiro atoms. The Morgan fingerprint density at radius 2 is 2.19 bits per heavy atom. The number of aromatic amines is 1. The van der Waals surface area contributed by atoms with Gasteiger partial charge in [0.2, 0.25) is 0 Å². The van der Waals surface area contributed by atoms with E-state index in [1.807, 2.05) is 24.3 Å². The van der Waals surface area contributed by atoms with E-state index in [4.69, 9.17) is 10.2 Å². The SMILES string of the molecule is C[C@@H]1CCc2c(sc3nc([C@@H](C)SCc4ccc(C#N)cc4)[nH]c(=O)c23)C1. The highest BCUT2D eigenvalue weighted by Crippen LogP contribution is 2.37. The van der Waals surface area contributed by atoms with Crippen molar-refractivity contribution in [2.24, 2.45) is 5.92 Å². The second-order valence-corrected chi connectivity index (χ2v) is 9.66. The number of thioether (sulfide) groups is 1. The van der Waals surface area contributed by atoms with Gasteiger partial charge in [-0.1, -0.05) is 19.1 Å². The molecule has 0 unspecified atom stereocenters. The van der Waals surface area contributed by atoms with Crippen LogP contribution in [0.1, 0.15) is 52.9 Å². The number of nitriles is 1. The Kier molecular flexibility index (Phi) is 5.07. The molecule has 4 rings (SSSR count). The molecule has 2 aromatic heterocycles. The van der Waals surface area contributed by atoms with E-state index in [1.165, 1.54) is 10.4 Å². The van der Waals surface area contributed by atoms with Crippen LogP contribution < -0.4 is 5.56 Å². The maximum Gasteiger partial charge on any atom is 0.259 e. The van der Waals surface area contributed by atoms with Gasteiger partial charge in [-0.15, -0.1) is 23.1 Å². The summed E-state index contributed by atoms with van der Waals surface area (Å²) in [5, 5.41) is 9.79. The summed E-state index contributed by atoms with van der Waals surface area (Å²) in [4.78, 5) is 22.8. The van der Waals surface area contributed by atoms with E-state index >= 15 is 0 Å². The van der Waals surface area contributed by atoms with Crippen molar-refractivity contribution in [2.75, 3.05) is 0 Å². The van der Waals surface area contributed by atoms with Crippen LogP contribution in [-0.2, 0) is 18.6 Å². The molecule has 138 valence electrons. The normalized spacial score (nSPS) is 17.4. The molecule has 0 aliphatic heterocycles. The highest BCUT2D eigenvalue weighted by molar-refractivity contribution is 7.98. The van der Waals surface area contributed by atoms with Crippen molar-refractivity contribution in [1.82, 2.24) is 9.97 Å². The van der Waals surface area contributed by atoms with E-state index in [0.29, 0.717) is 11.5 Å². The lowest BCUT2D eigenvalue weighted by Crippen LogP contribution is -2.15. The molecule has 27 heavy (non-hydrogen) atoms. The Morgan fingerprint density at radius 1 is 1.41 bits per heavy atom. The Hall–Kier alpha value is -2.10. The lowest BCUT2D eigenvalue weighted by Gasteiger charge is -2.17. The fraction of sp³-hybridized carbons (Fsp3) is 0.381. The summed E-state index contributed by atoms with van der Waals surface area (Å²) in [7, 11) is 0. The molecule has 0 saturated carbocycles.